The molecule has 0 spiro atoms. The molecule has 0 aliphatic rings. The van der Waals surface area contributed by atoms with Crippen LogP contribution in [-0.4, -0.2) is 0 Å². The first kappa shape index (κ1) is 31.2. The van der Waals surface area contributed by atoms with Crippen molar-refractivity contribution < 1.29 is 0 Å². The SMILES string of the molecule is Cc1c(-c2cc3cccc4ccc5cccc2c5c43)c(C)c(-c2cc3cccc4ccc5cccc2c5c43)c(C)c1-c1cc2cccc3ccc4cccc1c4c32. The second kappa shape index (κ2) is 11.1. The molecule has 0 N–H and O–H groups in total. The van der Waals surface area contributed by atoms with Gasteiger partial charge in [-0.05, 0) is 186 Å². The lowest BCUT2D eigenvalue weighted by Gasteiger charge is -2.27. The van der Waals surface area contributed by atoms with E-state index in [4.69, 9.17) is 0 Å². The molecule has 13 rings (SSSR count). The van der Waals surface area contributed by atoms with Gasteiger partial charge in [0.25, 0.3) is 0 Å². The van der Waals surface area contributed by atoms with Crippen LogP contribution in [0.1, 0.15) is 16.7 Å². The molecule has 0 bridgehead atoms. The van der Waals surface area contributed by atoms with Gasteiger partial charge in [-0.3, -0.25) is 0 Å². The molecule has 264 valence electrons. The predicted octanol–water partition coefficient (Wildman–Crippen LogP) is 16.3. The Kier molecular flexibility index (Phi) is 6.06. The fourth-order valence-electron chi connectivity index (χ4n) is 11.3. The Hall–Kier alpha value is -7.02. The van der Waals surface area contributed by atoms with Gasteiger partial charge in [-0.25, -0.2) is 0 Å². The minimum absolute atomic E-state index is 1.29. The average molecular weight is 721 g/mol. The van der Waals surface area contributed by atoms with Crippen molar-refractivity contribution in [2.24, 2.45) is 0 Å². The minimum Gasteiger partial charge on any atom is -0.0610 e. The maximum Gasteiger partial charge on any atom is -0.00206 e. The van der Waals surface area contributed by atoms with E-state index in [0.29, 0.717) is 0 Å². The predicted molar refractivity (Wildman–Crippen MR) is 248 cm³/mol. The van der Waals surface area contributed by atoms with Crippen LogP contribution in [-0.2, 0) is 0 Å². The van der Waals surface area contributed by atoms with Crippen LogP contribution in [0.2, 0.25) is 0 Å². The molecule has 0 radical (unpaired) electrons. The van der Waals surface area contributed by atoms with Gasteiger partial charge in [-0.2, -0.15) is 0 Å². The summed E-state index contributed by atoms with van der Waals surface area (Å²) < 4.78 is 0. The smallest absolute Gasteiger partial charge is 0.00206 e. The Morgan fingerprint density at radius 3 is 0.737 bits per heavy atom. The molecule has 0 aromatic heterocycles. The Morgan fingerprint density at radius 1 is 0.228 bits per heavy atom. The van der Waals surface area contributed by atoms with E-state index in [1.54, 1.807) is 0 Å². The van der Waals surface area contributed by atoms with Crippen LogP contribution in [0.4, 0.5) is 0 Å². The van der Waals surface area contributed by atoms with Gasteiger partial charge < -0.3 is 0 Å². The highest BCUT2D eigenvalue weighted by Crippen LogP contribution is 2.52. The standard InChI is InChI=1S/C57H36/c1-31-49(46-28-40-16-4-10-34-22-25-37-13-7-19-43(46)55(37)52(34)40)32(2)51(48-30-42-18-6-12-36-24-27-39-15-9-21-45(48)57(39)54(36)42)33(3)50(31)47-29-41-17-5-11-35-23-26-38-14-8-20-44(47)56(38)53(35)41/h4-30H,1-3H3. The first-order valence-electron chi connectivity index (χ1n) is 20.2. The third kappa shape index (κ3) is 4.02. The average Bonchev–Trinajstić information content (AvgIpc) is 3.24. The lowest BCUT2D eigenvalue weighted by molar-refractivity contribution is 1.33. The van der Waals surface area contributed by atoms with Crippen molar-refractivity contribution >= 4 is 97.0 Å². The summed E-state index contributed by atoms with van der Waals surface area (Å²) in [7, 11) is 0. The van der Waals surface area contributed by atoms with Gasteiger partial charge in [0.15, 0.2) is 0 Å². The Bertz CT molecular complexity index is 3400. The molecule has 13 aromatic carbocycles. The molecule has 0 atom stereocenters. The zero-order chi connectivity index (χ0) is 37.7. The third-order valence-corrected chi connectivity index (χ3v) is 13.6. The van der Waals surface area contributed by atoms with Crippen LogP contribution >= 0.6 is 0 Å². The molecule has 57 heavy (non-hydrogen) atoms. The van der Waals surface area contributed by atoms with Gasteiger partial charge in [0.2, 0.25) is 0 Å². The highest BCUT2D eigenvalue weighted by atomic mass is 14.3. The monoisotopic (exact) mass is 720 g/mol. The summed E-state index contributed by atoms with van der Waals surface area (Å²) in [5, 5.41) is 23.7. The number of benzene rings is 13. The molecule has 0 aliphatic carbocycles. The van der Waals surface area contributed by atoms with Crippen LogP contribution in [0.5, 0.6) is 0 Å². The maximum atomic E-state index is 2.49. The molecule has 0 aliphatic heterocycles. The van der Waals surface area contributed by atoms with Gasteiger partial charge in [-0.1, -0.05) is 146 Å². The highest BCUT2D eigenvalue weighted by Gasteiger charge is 2.26. The third-order valence-electron chi connectivity index (χ3n) is 13.6. The van der Waals surface area contributed by atoms with Crippen molar-refractivity contribution in [1.29, 1.82) is 0 Å². The molecule has 13 aromatic rings. The molecule has 0 amide bonds. The van der Waals surface area contributed by atoms with Gasteiger partial charge in [0.05, 0.1) is 0 Å². The van der Waals surface area contributed by atoms with E-state index in [0.717, 1.165) is 0 Å². The van der Waals surface area contributed by atoms with E-state index < -0.39 is 0 Å². The first-order valence-corrected chi connectivity index (χ1v) is 20.2. The zero-order valence-electron chi connectivity index (χ0n) is 32.1. The lowest BCUT2D eigenvalue weighted by Crippen LogP contribution is -2.03. The molecule has 0 saturated carbocycles. The summed E-state index contributed by atoms with van der Waals surface area (Å²) in [5.41, 5.74) is 11.9. The first-order chi connectivity index (χ1) is 28.0. The van der Waals surface area contributed by atoms with Gasteiger partial charge in [0.1, 0.15) is 0 Å². The molecule has 0 heteroatoms. The van der Waals surface area contributed by atoms with E-state index in [9.17, 15) is 0 Å². The van der Waals surface area contributed by atoms with Crippen LogP contribution in [0.3, 0.4) is 0 Å². The summed E-state index contributed by atoms with van der Waals surface area (Å²) in [6.45, 7) is 7.18. The topological polar surface area (TPSA) is 0 Å². The van der Waals surface area contributed by atoms with Crippen LogP contribution in [0.15, 0.2) is 164 Å². The van der Waals surface area contributed by atoms with E-state index in [2.05, 4.69) is 185 Å². The Morgan fingerprint density at radius 2 is 0.456 bits per heavy atom. The molecule has 0 heterocycles. The second-order valence-electron chi connectivity index (χ2n) is 16.4. The summed E-state index contributed by atoms with van der Waals surface area (Å²) >= 11 is 0. The Labute approximate surface area is 330 Å². The van der Waals surface area contributed by atoms with Crippen molar-refractivity contribution in [3.63, 3.8) is 0 Å². The van der Waals surface area contributed by atoms with Crippen LogP contribution in [0, 0.1) is 20.8 Å². The molecule has 0 unspecified atom stereocenters. The van der Waals surface area contributed by atoms with Gasteiger partial charge in [-0.15, -0.1) is 0 Å². The zero-order valence-corrected chi connectivity index (χ0v) is 32.1. The summed E-state index contributed by atoms with van der Waals surface area (Å²) in [6.07, 6.45) is 0. The van der Waals surface area contributed by atoms with Crippen molar-refractivity contribution in [1.82, 2.24) is 0 Å². The molecule has 0 fully saturated rings. The summed E-state index contributed by atoms with van der Waals surface area (Å²) in [6, 6.07) is 62.2. The number of hydrogen-bond donors (Lipinski definition) is 0. The Balaban J connectivity index is 1.25. The van der Waals surface area contributed by atoms with E-state index in [1.807, 2.05) is 0 Å². The number of rotatable bonds is 3. The van der Waals surface area contributed by atoms with Crippen molar-refractivity contribution in [3.05, 3.63) is 180 Å². The molecule has 0 saturated heterocycles. The maximum absolute atomic E-state index is 2.49. The summed E-state index contributed by atoms with van der Waals surface area (Å²) in [5.74, 6) is 0. The molecular formula is C57H36. The minimum atomic E-state index is 1.29. The lowest BCUT2D eigenvalue weighted by atomic mass is 9.76. The van der Waals surface area contributed by atoms with Crippen LogP contribution < -0.4 is 0 Å². The van der Waals surface area contributed by atoms with Gasteiger partial charge in [0, 0.05) is 0 Å². The van der Waals surface area contributed by atoms with Crippen molar-refractivity contribution in [3.8, 4) is 33.4 Å². The fraction of sp³-hybridized carbons (Fsp3) is 0.0526. The van der Waals surface area contributed by atoms with E-state index in [-0.39, 0.29) is 0 Å². The molecular weight excluding hydrogens is 685 g/mol. The summed E-state index contributed by atoms with van der Waals surface area (Å²) in [4.78, 5) is 0. The van der Waals surface area contributed by atoms with Crippen LogP contribution in [0.25, 0.3) is 130 Å². The second-order valence-corrected chi connectivity index (χ2v) is 16.4. The fourth-order valence-corrected chi connectivity index (χ4v) is 11.3. The van der Waals surface area contributed by atoms with E-state index in [1.165, 1.54) is 147 Å². The van der Waals surface area contributed by atoms with Crippen molar-refractivity contribution in [2.45, 2.75) is 20.8 Å². The number of hydrogen-bond acceptors (Lipinski definition) is 0. The largest absolute Gasteiger partial charge is 0.0610 e. The normalized spacial score (nSPS) is 12.5. The quantitative estimate of drug-likeness (QED) is 0.159. The highest BCUT2D eigenvalue weighted by molar-refractivity contribution is 6.30. The van der Waals surface area contributed by atoms with E-state index >= 15 is 0 Å². The van der Waals surface area contributed by atoms with Crippen molar-refractivity contribution in [2.75, 3.05) is 0 Å². The van der Waals surface area contributed by atoms with Gasteiger partial charge >= 0.3 is 0 Å². The molecule has 0 nitrogen and oxygen atoms in total.